The highest BCUT2D eigenvalue weighted by atomic mass is 19.3. The highest BCUT2D eigenvalue weighted by Crippen LogP contribution is 2.23. The molecule has 0 fully saturated rings. The number of para-hydroxylation sites is 1. The van der Waals surface area contributed by atoms with Crippen LogP contribution in [0.4, 0.5) is 13.2 Å². The largest absolute Gasteiger partial charge is 0.434 e. The number of aromatic nitrogens is 1. The number of halogens is 3. The van der Waals surface area contributed by atoms with Gasteiger partial charge >= 0.3 is 6.61 Å². The molecule has 0 atom stereocenters. The fraction of sp³-hybridized carbons (Fsp3) is 0.227. The molecule has 3 rings (SSSR count). The zero-order valence-corrected chi connectivity index (χ0v) is 15.3. The van der Waals surface area contributed by atoms with Crippen LogP contribution < -0.4 is 4.74 Å². The van der Waals surface area contributed by atoms with Crippen molar-refractivity contribution in [3.63, 3.8) is 0 Å². The number of nitrogens with zero attached hydrogens (tertiary/aromatic N) is 2. The number of hydrogen-bond donors (Lipinski definition) is 0. The van der Waals surface area contributed by atoms with E-state index in [1.807, 2.05) is 18.2 Å². The molecular formula is C22H21F3N2O. The summed E-state index contributed by atoms with van der Waals surface area (Å²) < 4.78 is 43.3. The summed E-state index contributed by atoms with van der Waals surface area (Å²) in [5, 5.41) is 0. The Labute approximate surface area is 162 Å². The average Bonchev–Trinajstić information content (AvgIpc) is 2.70. The maximum absolute atomic E-state index is 13.2. The van der Waals surface area contributed by atoms with Gasteiger partial charge in [-0.1, -0.05) is 36.4 Å². The second-order valence-corrected chi connectivity index (χ2v) is 6.39. The van der Waals surface area contributed by atoms with Crippen molar-refractivity contribution in [1.82, 2.24) is 9.88 Å². The highest BCUT2D eigenvalue weighted by Gasteiger charge is 2.14. The first-order valence-electron chi connectivity index (χ1n) is 8.99. The Bertz CT molecular complexity index is 857. The molecule has 146 valence electrons. The van der Waals surface area contributed by atoms with Crippen molar-refractivity contribution in [3.05, 3.63) is 95.6 Å². The molecule has 0 amide bonds. The minimum atomic E-state index is -2.87. The van der Waals surface area contributed by atoms with Crippen molar-refractivity contribution in [2.45, 2.75) is 26.1 Å². The minimum absolute atomic E-state index is 0.166. The van der Waals surface area contributed by atoms with Gasteiger partial charge in [-0.3, -0.25) is 9.88 Å². The molecule has 0 bridgehead atoms. The average molecular weight is 386 g/mol. The van der Waals surface area contributed by atoms with Crippen LogP contribution in [0.5, 0.6) is 5.75 Å². The van der Waals surface area contributed by atoms with Crippen LogP contribution in [0.15, 0.2) is 72.9 Å². The van der Waals surface area contributed by atoms with Crippen molar-refractivity contribution >= 4 is 0 Å². The minimum Gasteiger partial charge on any atom is -0.434 e. The van der Waals surface area contributed by atoms with Gasteiger partial charge in [0.2, 0.25) is 0 Å². The Hall–Kier alpha value is -2.86. The molecule has 3 aromatic rings. The van der Waals surface area contributed by atoms with E-state index in [-0.39, 0.29) is 11.6 Å². The Morgan fingerprint density at radius 3 is 2.36 bits per heavy atom. The predicted octanol–water partition coefficient (Wildman–Crippen LogP) is 5.07. The fourth-order valence-corrected chi connectivity index (χ4v) is 2.97. The standard InChI is InChI=1S/C22H21F3N2O/c23-19-10-8-17(9-11-19)15-27(14-12-20-6-3-4-13-26-20)16-18-5-1-2-7-21(18)28-22(24)25/h1-11,13,22H,12,14-16H2. The van der Waals surface area contributed by atoms with E-state index in [1.165, 1.54) is 18.2 Å². The lowest BCUT2D eigenvalue weighted by atomic mass is 10.1. The third-order valence-electron chi connectivity index (χ3n) is 4.31. The van der Waals surface area contributed by atoms with Gasteiger partial charge in [0, 0.05) is 43.5 Å². The third-order valence-corrected chi connectivity index (χ3v) is 4.31. The van der Waals surface area contributed by atoms with Crippen LogP contribution >= 0.6 is 0 Å². The fourth-order valence-electron chi connectivity index (χ4n) is 2.97. The predicted molar refractivity (Wildman–Crippen MR) is 102 cm³/mol. The van der Waals surface area contributed by atoms with E-state index in [0.717, 1.165) is 11.3 Å². The van der Waals surface area contributed by atoms with E-state index in [2.05, 4.69) is 14.6 Å². The molecule has 3 nitrogen and oxygen atoms in total. The number of alkyl halides is 2. The summed E-state index contributed by atoms with van der Waals surface area (Å²) in [6.07, 6.45) is 2.45. The van der Waals surface area contributed by atoms with Gasteiger partial charge in [-0.25, -0.2) is 4.39 Å². The van der Waals surface area contributed by atoms with Crippen LogP contribution in [-0.4, -0.2) is 23.0 Å². The van der Waals surface area contributed by atoms with Crippen LogP contribution in [0.25, 0.3) is 0 Å². The van der Waals surface area contributed by atoms with Gasteiger partial charge < -0.3 is 4.74 Å². The van der Waals surface area contributed by atoms with Crippen LogP contribution in [0.3, 0.4) is 0 Å². The summed E-state index contributed by atoms with van der Waals surface area (Å²) in [5.74, 6) is -0.126. The number of benzene rings is 2. The molecule has 0 spiro atoms. The summed E-state index contributed by atoms with van der Waals surface area (Å²) in [5.41, 5.74) is 2.56. The van der Waals surface area contributed by atoms with Gasteiger partial charge in [0.25, 0.3) is 0 Å². The molecule has 0 unspecified atom stereocenters. The Balaban J connectivity index is 1.76. The Morgan fingerprint density at radius 2 is 1.64 bits per heavy atom. The quantitative estimate of drug-likeness (QED) is 0.514. The topological polar surface area (TPSA) is 25.4 Å². The highest BCUT2D eigenvalue weighted by molar-refractivity contribution is 5.33. The third kappa shape index (κ3) is 6.09. The molecule has 0 saturated heterocycles. The molecule has 28 heavy (non-hydrogen) atoms. The molecule has 0 aliphatic heterocycles. The van der Waals surface area contributed by atoms with Gasteiger partial charge in [0.15, 0.2) is 0 Å². The van der Waals surface area contributed by atoms with Crippen LogP contribution in [0, 0.1) is 5.82 Å². The Morgan fingerprint density at radius 1 is 0.893 bits per heavy atom. The molecule has 2 aromatic carbocycles. The second-order valence-electron chi connectivity index (χ2n) is 6.39. The number of pyridine rings is 1. The summed E-state index contributed by atoms with van der Waals surface area (Å²) in [6, 6.07) is 18.8. The number of ether oxygens (including phenoxy) is 1. The number of hydrogen-bond acceptors (Lipinski definition) is 3. The second kappa shape index (κ2) is 9.90. The van der Waals surface area contributed by atoms with E-state index in [1.54, 1.807) is 36.5 Å². The lowest BCUT2D eigenvalue weighted by molar-refractivity contribution is -0.0508. The Kier molecular flexibility index (Phi) is 7.03. The van der Waals surface area contributed by atoms with Gasteiger partial charge in [0.1, 0.15) is 11.6 Å². The summed E-state index contributed by atoms with van der Waals surface area (Å²) in [4.78, 5) is 6.44. The van der Waals surface area contributed by atoms with Gasteiger partial charge in [-0.05, 0) is 35.9 Å². The van der Waals surface area contributed by atoms with E-state index >= 15 is 0 Å². The molecule has 0 N–H and O–H groups in total. The first-order valence-corrected chi connectivity index (χ1v) is 8.99. The molecule has 0 saturated carbocycles. The lowest BCUT2D eigenvalue weighted by Crippen LogP contribution is -2.26. The maximum Gasteiger partial charge on any atom is 0.387 e. The van der Waals surface area contributed by atoms with E-state index in [4.69, 9.17) is 0 Å². The molecule has 1 aromatic heterocycles. The summed E-state index contributed by atoms with van der Waals surface area (Å²) in [7, 11) is 0. The molecule has 1 heterocycles. The zero-order chi connectivity index (χ0) is 19.8. The molecule has 0 radical (unpaired) electrons. The van der Waals surface area contributed by atoms with Crippen molar-refractivity contribution in [2.24, 2.45) is 0 Å². The SMILES string of the molecule is Fc1ccc(CN(CCc2ccccn2)Cc2ccccc2OC(F)F)cc1. The van der Waals surface area contributed by atoms with Crippen molar-refractivity contribution in [3.8, 4) is 5.75 Å². The van der Waals surface area contributed by atoms with E-state index < -0.39 is 6.61 Å². The first-order chi connectivity index (χ1) is 13.6. The summed E-state index contributed by atoms with van der Waals surface area (Å²) in [6.45, 7) is -1.24. The summed E-state index contributed by atoms with van der Waals surface area (Å²) >= 11 is 0. The molecule has 0 aliphatic rings. The van der Waals surface area contributed by atoms with Crippen LogP contribution in [-0.2, 0) is 19.5 Å². The monoisotopic (exact) mass is 386 g/mol. The maximum atomic E-state index is 13.2. The van der Waals surface area contributed by atoms with Crippen LogP contribution in [0.1, 0.15) is 16.8 Å². The van der Waals surface area contributed by atoms with Crippen molar-refractivity contribution < 1.29 is 17.9 Å². The lowest BCUT2D eigenvalue weighted by Gasteiger charge is -2.23. The van der Waals surface area contributed by atoms with Gasteiger partial charge in [-0.15, -0.1) is 0 Å². The molecular weight excluding hydrogens is 365 g/mol. The zero-order valence-electron chi connectivity index (χ0n) is 15.3. The van der Waals surface area contributed by atoms with Gasteiger partial charge in [-0.2, -0.15) is 8.78 Å². The van der Waals surface area contributed by atoms with Gasteiger partial charge in [0.05, 0.1) is 0 Å². The molecule has 0 aliphatic carbocycles. The van der Waals surface area contributed by atoms with E-state index in [0.29, 0.717) is 31.6 Å². The smallest absolute Gasteiger partial charge is 0.387 e. The normalized spacial score (nSPS) is 11.2. The van der Waals surface area contributed by atoms with E-state index in [9.17, 15) is 13.2 Å². The van der Waals surface area contributed by atoms with Crippen LogP contribution in [0.2, 0.25) is 0 Å². The molecule has 6 heteroatoms. The first kappa shape index (κ1) is 19.9. The van der Waals surface area contributed by atoms with Crippen molar-refractivity contribution in [2.75, 3.05) is 6.54 Å². The number of rotatable bonds is 9. The van der Waals surface area contributed by atoms with Crippen molar-refractivity contribution in [1.29, 1.82) is 0 Å².